The van der Waals surface area contributed by atoms with Crippen molar-refractivity contribution in [2.24, 2.45) is 11.8 Å². The maximum absolute atomic E-state index is 5.27. The molecule has 2 nitrogen and oxygen atoms in total. The highest BCUT2D eigenvalue weighted by Gasteiger charge is 2.30. The van der Waals surface area contributed by atoms with Gasteiger partial charge in [0.05, 0.1) is 7.11 Å². The van der Waals surface area contributed by atoms with Crippen molar-refractivity contribution < 1.29 is 4.74 Å². The molecule has 0 bridgehead atoms. The molecule has 3 atom stereocenters. The zero-order valence-corrected chi connectivity index (χ0v) is 13.2. The fourth-order valence-electron chi connectivity index (χ4n) is 3.45. The van der Waals surface area contributed by atoms with Crippen LogP contribution in [0.4, 0.5) is 0 Å². The number of benzene rings is 1. The van der Waals surface area contributed by atoms with Crippen LogP contribution < -0.4 is 10.1 Å². The highest BCUT2D eigenvalue weighted by atomic mass is 16.5. The third-order valence-electron chi connectivity index (χ3n) is 4.72. The predicted molar refractivity (Wildman–Crippen MR) is 85.2 cm³/mol. The number of hydrogen-bond acceptors (Lipinski definition) is 2. The molecule has 3 unspecified atom stereocenters. The highest BCUT2D eigenvalue weighted by Crippen LogP contribution is 2.40. The van der Waals surface area contributed by atoms with Crippen LogP contribution in [0.5, 0.6) is 5.75 Å². The third kappa shape index (κ3) is 3.76. The Hall–Kier alpha value is -1.02. The Kier molecular flexibility index (Phi) is 5.90. The molecule has 20 heavy (non-hydrogen) atoms. The van der Waals surface area contributed by atoms with Gasteiger partial charge in [-0.05, 0) is 55.3 Å². The molecule has 0 aliphatic heterocycles. The first-order chi connectivity index (χ1) is 9.78. The summed E-state index contributed by atoms with van der Waals surface area (Å²) in [6, 6.07) is 9.14. The molecule has 0 saturated heterocycles. The molecule has 1 fully saturated rings. The van der Waals surface area contributed by atoms with Gasteiger partial charge in [-0.1, -0.05) is 38.8 Å². The number of ether oxygens (including phenoxy) is 1. The topological polar surface area (TPSA) is 21.3 Å². The van der Waals surface area contributed by atoms with Gasteiger partial charge in [0.2, 0.25) is 0 Å². The molecule has 1 aliphatic rings. The summed E-state index contributed by atoms with van der Waals surface area (Å²) in [4.78, 5) is 0. The van der Waals surface area contributed by atoms with Crippen molar-refractivity contribution in [3.8, 4) is 5.75 Å². The van der Waals surface area contributed by atoms with Crippen molar-refractivity contribution in [2.75, 3.05) is 13.7 Å². The molecule has 0 amide bonds. The van der Waals surface area contributed by atoms with Crippen molar-refractivity contribution >= 4 is 0 Å². The molecule has 0 radical (unpaired) electrons. The largest absolute Gasteiger partial charge is 0.497 e. The second-order valence-corrected chi connectivity index (χ2v) is 6.05. The highest BCUT2D eigenvalue weighted by molar-refractivity contribution is 5.29. The van der Waals surface area contributed by atoms with E-state index in [1.807, 2.05) is 0 Å². The maximum Gasteiger partial charge on any atom is 0.118 e. The molecule has 0 heterocycles. The van der Waals surface area contributed by atoms with E-state index >= 15 is 0 Å². The summed E-state index contributed by atoms with van der Waals surface area (Å²) in [5.41, 5.74) is 1.42. The molecular formula is C18H29NO. The number of methoxy groups -OCH3 is 1. The van der Waals surface area contributed by atoms with Crippen LogP contribution in [0.3, 0.4) is 0 Å². The van der Waals surface area contributed by atoms with Gasteiger partial charge in [-0.25, -0.2) is 0 Å². The van der Waals surface area contributed by atoms with E-state index in [0.29, 0.717) is 6.04 Å². The zero-order valence-electron chi connectivity index (χ0n) is 13.2. The van der Waals surface area contributed by atoms with E-state index in [2.05, 4.69) is 43.4 Å². The summed E-state index contributed by atoms with van der Waals surface area (Å²) >= 11 is 0. The maximum atomic E-state index is 5.27. The Morgan fingerprint density at radius 3 is 2.50 bits per heavy atom. The molecular weight excluding hydrogens is 246 g/mol. The van der Waals surface area contributed by atoms with Crippen LogP contribution in [0.15, 0.2) is 24.3 Å². The fraction of sp³-hybridized carbons (Fsp3) is 0.667. The normalized spacial score (nSPS) is 23.8. The molecule has 0 aromatic heterocycles. The average Bonchev–Trinajstić information content (AvgIpc) is 2.97. The summed E-state index contributed by atoms with van der Waals surface area (Å²) in [5.74, 6) is 2.67. The van der Waals surface area contributed by atoms with Crippen LogP contribution in [-0.4, -0.2) is 13.7 Å². The summed E-state index contributed by atoms with van der Waals surface area (Å²) in [7, 11) is 1.73. The average molecular weight is 275 g/mol. The Bertz CT molecular complexity index is 387. The van der Waals surface area contributed by atoms with Gasteiger partial charge in [0.15, 0.2) is 0 Å². The molecule has 1 aliphatic carbocycles. The van der Waals surface area contributed by atoms with E-state index in [0.717, 1.165) is 24.1 Å². The van der Waals surface area contributed by atoms with Crippen LogP contribution >= 0.6 is 0 Å². The van der Waals surface area contributed by atoms with E-state index in [1.54, 1.807) is 7.11 Å². The molecule has 1 saturated carbocycles. The summed E-state index contributed by atoms with van der Waals surface area (Å²) < 4.78 is 5.27. The lowest BCUT2D eigenvalue weighted by Gasteiger charge is -2.26. The van der Waals surface area contributed by atoms with Crippen LogP contribution in [0.2, 0.25) is 0 Å². The van der Waals surface area contributed by atoms with Crippen molar-refractivity contribution in [2.45, 2.75) is 52.0 Å². The first kappa shape index (κ1) is 15.4. The lowest BCUT2D eigenvalue weighted by Crippen LogP contribution is -2.28. The second kappa shape index (κ2) is 7.68. The van der Waals surface area contributed by atoms with Gasteiger partial charge in [0, 0.05) is 6.04 Å². The van der Waals surface area contributed by atoms with E-state index in [1.165, 1.54) is 37.7 Å². The SMILES string of the molecule is CCCNC(c1ccc(OC)cc1)C1CCC(CC)C1. The molecule has 1 aromatic rings. The second-order valence-electron chi connectivity index (χ2n) is 6.05. The minimum atomic E-state index is 0.511. The molecule has 0 spiro atoms. The van der Waals surface area contributed by atoms with Crippen LogP contribution in [0, 0.1) is 11.8 Å². The van der Waals surface area contributed by atoms with Gasteiger partial charge >= 0.3 is 0 Å². The minimum Gasteiger partial charge on any atom is -0.497 e. The van der Waals surface area contributed by atoms with Gasteiger partial charge in [0.25, 0.3) is 0 Å². The Morgan fingerprint density at radius 2 is 1.95 bits per heavy atom. The first-order valence-electron chi connectivity index (χ1n) is 8.15. The van der Waals surface area contributed by atoms with Crippen molar-refractivity contribution in [1.29, 1.82) is 0 Å². The van der Waals surface area contributed by atoms with Crippen LogP contribution in [0.25, 0.3) is 0 Å². The molecule has 1 aromatic carbocycles. The lowest BCUT2D eigenvalue weighted by molar-refractivity contribution is 0.353. The lowest BCUT2D eigenvalue weighted by atomic mass is 9.90. The molecule has 2 rings (SSSR count). The quantitative estimate of drug-likeness (QED) is 0.787. The predicted octanol–water partition coefficient (Wildman–Crippen LogP) is 4.56. The minimum absolute atomic E-state index is 0.511. The summed E-state index contributed by atoms with van der Waals surface area (Å²) in [5, 5.41) is 3.77. The molecule has 2 heteroatoms. The standard InChI is InChI=1S/C18H29NO/c1-4-12-19-18(16-7-6-14(5-2)13-16)15-8-10-17(20-3)11-9-15/h8-11,14,16,18-19H,4-7,12-13H2,1-3H3. The smallest absolute Gasteiger partial charge is 0.118 e. The molecule has 112 valence electrons. The number of hydrogen-bond donors (Lipinski definition) is 1. The number of nitrogens with one attached hydrogen (secondary N) is 1. The van der Waals surface area contributed by atoms with Crippen molar-refractivity contribution in [3.63, 3.8) is 0 Å². The Labute approximate surface area is 123 Å². The van der Waals surface area contributed by atoms with E-state index < -0.39 is 0 Å². The van der Waals surface area contributed by atoms with E-state index in [4.69, 9.17) is 4.74 Å². The van der Waals surface area contributed by atoms with Gasteiger partial charge in [-0.3, -0.25) is 0 Å². The van der Waals surface area contributed by atoms with E-state index in [9.17, 15) is 0 Å². The molecule has 1 N–H and O–H groups in total. The Balaban J connectivity index is 2.09. The van der Waals surface area contributed by atoms with E-state index in [-0.39, 0.29) is 0 Å². The Morgan fingerprint density at radius 1 is 1.20 bits per heavy atom. The third-order valence-corrected chi connectivity index (χ3v) is 4.72. The van der Waals surface area contributed by atoms with Gasteiger partial charge < -0.3 is 10.1 Å². The van der Waals surface area contributed by atoms with Gasteiger partial charge in [-0.2, -0.15) is 0 Å². The fourth-order valence-corrected chi connectivity index (χ4v) is 3.45. The number of rotatable bonds is 7. The van der Waals surface area contributed by atoms with Crippen LogP contribution in [0.1, 0.15) is 57.6 Å². The van der Waals surface area contributed by atoms with Crippen molar-refractivity contribution in [3.05, 3.63) is 29.8 Å². The van der Waals surface area contributed by atoms with Gasteiger partial charge in [0.1, 0.15) is 5.75 Å². The summed E-state index contributed by atoms with van der Waals surface area (Å²) in [6.45, 7) is 5.67. The zero-order chi connectivity index (χ0) is 14.4. The summed E-state index contributed by atoms with van der Waals surface area (Å²) in [6.07, 6.45) is 6.67. The van der Waals surface area contributed by atoms with Crippen molar-refractivity contribution in [1.82, 2.24) is 5.32 Å². The first-order valence-corrected chi connectivity index (χ1v) is 8.15. The van der Waals surface area contributed by atoms with Crippen LogP contribution in [-0.2, 0) is 0 Å². The monoisotopic (exact) mass is 275 g/mol. The van der Waals surface area contributed by atoms with Gasteiger partial charge in [-0.15, -0.1) is 0 Å².